The molecule has 0 saturated heterocycles. The SMILES string of the molecule is CCCCCCCCCCCCCCCCC[C@H](C[C@H](O[Si](C)(C)C(C)(C)C)[C@H](CC)C(=O)OCc1ccccc1)OCc1ccccc1. The van der Waals surface area contributed by atoms with Crippen LogP contribution in [-0.4, -0.2) is 26.5 Å². The van der Waals surface area contributed by atoms with Crippen LogP contribution in [0, 0.1) is 5.92 Å². The van der Waals surface area contributed by atoms with Crippen LogP contribution in [-0.2, 0) is 31.9 Å². The van der Waals surface area contributed by atoms with E-state index in [1.54, 1.807) is 0 Å². The fraction of sp³-hybridized carbons (Fsp3) is 0.705. The highest BCUT2D eigenvalue weighted by Gasteiger charge is 2.42. The van der Waals surface area contributed by atoms with Gasteiger partial charge in [-0.15, -0.1) is 0 Å². The number of carbonyl (C=O) groups is 1. The van der Waals surface area contributed by atoms with Crippen LogP contribution in [0.15, 0.2) is 60.7 Å². The lowest BCUT2D eigenvalue weighted by Crippen LogP contribution is -2.48. The van der Waals surface area contributed by atoms with E-state index in [1.807, 2.05) is 36.4 Å². The van der Waals surface area contributed by atoms with Gasteiger partial charge in [-0.25, -0.2) is 0 Å². The van der Waals surface area contributed by atoms with E-state index in [0.29, 0.717) is 19.4 Å². The first kappa shape index (κ1) is 43.2. The first-order valence-corrected chi connectivity index (χ1v) is 23.0. The molecule has 0 spiro atoms. The van der Waals surface area contributed by atoms with Gasteiger partial charge in [0.05, 0.1) is 24.7 Å². The molecule has 278 valence electrons. The van der Waals surface area contributed by atoms with Crippen molar-refractivity contribution in [3.05, 3.63) is 71.8 Å². The Kier molecular flexibility index (Phi) is 22.1. The first-order chi connectivity index (χ1) is 23.6. The third kappa shape index (κ3) is 18.7. The van der Waals surface area contributed by atoms with E-state index in [2.05, 4.69) is 72.0 Å². The van der Waals surface area contributed by atoms with Crippen molar-refractivity contribution >= 4 is 14.3 Å². The fourth-order valence-electron chi connectivity index (χ4n) is 6.33. The summed E-state index contributed by atoms with van der Waals surface area (Å²) in [4.78, 5) is 13.7. The third-order valence-corrected chi connectivity index (χ3v) is 15.1. The van der Waals surface area contributed by atoms with Gasteiger partial charge in [0, 0.05) is 0 Å². The summed E-state index contributed by atoms with van der Waals surface area (Å²) in [5.41, 5.74) is 2.19. The summed E-state index contributed by atoms with van der Waals surface area (Å²) >= 11 is 0. The Labute approximate surface area is 303 Å². The normalized spacial score (nSPS) is 14.0. The quantitative estimate of drug-likeness (QED) is 0.0505. The van der Waals surface area contributed by atoms with Crippen molar-refractivity contribution in [2.75, 3.05) is 0 Å². The molecule has 0 heterocycles. The van der Waals surface area contributed by atoms with Gasteiger partial charge in [0.15, 0.2) is 8.32 Å². The molecule has 0 bridgehead atoms. The van der Waals surface area contributed by atoms with Crippen molar-refractivity contribution in [3.63, 3.8) is 0 Å². The van der Waals surface area contributed by atoms with Gasteiger partial charge in [-0.2, -0.15) is 0 Å². The summed E-state index contributed by atoms with van der Waals surface area (Å²) in [6.45, 7) is 16.6. The number of carbonyl (C=O) groups excluding carboxylic acids is 1. The molecule has 0 unspecified atom stereocenters. The van der Waals surface area contributed by atoms with Gasteiger partial charge in [-0.05, 0) is 48.5 Å². The van der Waals surface area contributed by atoms with Crippen molar-refractivity contribution in [2.24, 2.45) is 5.92 Å². The maximum atomic E-state index is 13.7. The molecule has 0 amide bonds. The number of ether oxygens (including phenoxy) is 2. The molecule has 5 heteroatoms. The largest absolute Gasteiger partial charge is 0.461 e. The molecule has 0 aliphatic carbocycles. The second-order valence-corrected chi connectivity index (χ2v) is 20.7. The van der Waals surface area contributed by atoms with E-state index in [1.165, 1.54) is 95.5 Å². The van der Waals surface area contributed by atoms with Crippen molar-refractivity contribution in [1.29, 1.82) is 0 Å². The van der Waals surface area contributed by atoms with Crippen molar-refractivity contribution < 1.29 is 18.7 Å². The van der Waals surface area contributed by atoms with Gasteiger partial charge < -0.3 is 13.9 Å². The average Bonchev–Trinajstić information content (AvgIpc) is 3.08. The number of benzene rings is 2. The van der Waals surface area contributed by atoms with E-state index in [9.17, 15) is 4.79 Å². The van der Waals surface area contributed by atoms with Gasteiger partial charge >= 0.3 is 5.97 Å². The van der Waals surface area contributed by atoms with Crippen LogP contribution in [0.25, 0.3) is 0 Å². The summed E-state index contributed by atoms with van der Waals surface area (Å²) in [6, 6.07) is 20.4. The molecule has 0 aliphatic heterocycles. The molecule has 0 aromatic heterocycles. The zero-order chi connectivity index (χ0) is 35.8. The minimum absolute atomic E-state index is 0.0212. The van der Waals surface area contributed by atoms with Gasteiger partial charge in [-0.3, -0.25) is 4.79 Å². The summed E-state index contributed by atoms with van der Waals surface area (Å²) in [7, 11) is -2.17. The lowest BCUT2D eigenvalue weighted by molar-refractivity contribution is -0.154. The van der Waals surface area contributed by atoms with Crippen LogP contribution in [0.3, 0.4) is 0 Å². The number of hydrogen-bond donors (Lipinski definition) is 0. The van der Waals surface area contributed by atoms with Crippen molar-refractivity contribution in [2.45, 2.75) is 194 Å². The predicted octanol–water partition coefficient (Wildman–Crippen LogP) is 13.4. The highest BCUT2D eigenvalue weighted by Crippen LogP contribution is 2.39. The molecule has 0 radical (unpaired) electrons. The third-order valence-electron chi connectivity index (χ3n) is 10.6. The summed E-state index contributed by atoms with van der Waals surface area (Å²) in [5, 5.41) is 0.0339. The fourth-order valence-corrected chi connectivity index (χ4v) is 7.70. The van der Waals surface area contributed by atoms with Crippen molar-refractivity contribution in [1.82, 2.24) is 0 Å². The second-order valence-electron chi connectivity index (χ2n) is 15.9. The summed E-state index contributed by atoms with van der Waals surface area (Å²) < 4.78 is 19.7. The predicted molar refractivity (Wildman–Crippen MR) is 211 cm³/mol. The first-order valence-electron chi connectivity index (χ1n) is 20.1. The monoisotopic (exact) mass is 695 g/mol. The van der Waals surface area contributed by atoms with Crippen LogP contribution < -0.4 is 0 Å². The van der Waals surface area contributed by atoms with Gasteiger partial charge in [0.25, 0.3) is 0 Å². The summed E-state index contributed by atoms with van der Waals surface area (Å²) in [5.74, 6) is -0.495. The van der Waals surface area contributed by atoms with Gasteiger partial charge in [0.2, 0.25) is 0 Å². The van der Waals surface area contributed by atoms with E-state index in [4.69, 9.17) is 13.9 Å². The molecule has 2 aromatic carbocycles. The van der Waals surface area contributed by atoms with Crippen LogP contribution in [0.4, 0.5) is 0 Å². The number of esters is 1. The maximum Gasteiger partial charge on any atom is 0.311 e. The number of hydrogen-bond acceptors (Lipinski definition) is 4. The Morgan fingerprint density at radius 1 is 0.653 bits per heavy atom. The van der Waals surface area contributed by atoms with Crippen LogP contribution in [0.1, 0.15) is 161 Å². The maximum absolute atomic E-state index is 13.7. The van der Waals surface area contributed by atoms with Crippen LogP contribution in [0.5, 0.6) is 0 Å². The minimum Gasteiger partial charge on any atom is -0.461 e. The molecular formula is C44H74O4Si. The van der Waals surface area contributed by atoms with E-state index in [-0.39, 0.29) is 35.7 Å². The Bertz CT molecular complexity index is 1080. The van der Waals surface area contributed by atoms with Crippen LogP contribution in [0.2, 0.25) is 18.1 Å². The molecule has 0 N–H and O–H groups in total. The van der Waals surface area contributed by atoms with E-state index in [0.717, 1.165) is 18.4 Å². The molecule has 49 heavy (non-hydrogen) atoms. The molecule has 3 atom stereocenters. The molecule has 4 nitrogen and oxygen atoms in total. The zero-order valence-electron chi connectivity index (χ0n) is 32.8. The highest BCUT2D eigenvalue weighted by molar-refractivity contribution is 6.74. The lowest BCUT2D eigenvalue weighted by atomic mass is 9.93. The van der Waals surface area contributed by atoms with Crippen molar-refractivity contribution in [3.8, 4) is 0 Å². The molecule has 0 aliphatic rings. The van der Waals surface area contributed by atoms with Gasteiger partial charge in [0.1, 0.15) is 6.61 Å². The molecule has 2 rings (SSSR count). The smallest absolute Gasteiger partial charge is 0.311 e. The lowest BCUT2D eigenvalue weighted by Gasteiger charge is -2.41. The molecule has 2 aromatic rings. The Morgan fingerprint density at radius 3 is 1.55 bits per heavy atom. The van der Waals surface area contributed by atoms with Gasteiger partial charge in [-0.1, -0.05) is 192 Å². The highest BCUT2D eigenvalue weighted by atomic mass is 28.4. The Hall–Kier alpha value is -1.95. The Morgan fingerprint density at radius 2 is 1.10 bits per heavy atom. The zero-order valence-corrected chi connectivity index (χ0v) is 33.8. The second kappa shape index (κ2) is 25.1. The topological polar surface area (TPSA) is 44.8 Å². The minimum atomic E-state index is -2.17. The van der Waals surface area contributed by atoms with Crippen LogP contribution >= 0.6 is 0 Å². The average molecular weight is 695 g/mol. The number of rotatable bonds is 28. The molecule has 0 saturated carbocycles. The standard InChI is InChI=1S/C44H74O4Si/c1-8-10-11-12-13-14-15-16-17-18-19-20-21-22-29-34-40(46-36-38-30-25-23-26-31-38)35-42(48-49(6,7)44(3,4)5)41(9-2)43(45)47-37-39-32-27-24-28-33-39/h23-28,30-33,40-42H,8-22,29,34-37H2,1-7H3/t40-,41+,42+/m1/s1. The van der Waals surface area contributed by atoms with E-state index >= 15 is 0 Å². The molecule has 0 fully saturated rings. The molecular weight excluding hydrogens is 621 g/mol. The summed E-state index contributed by atoms with van der Waals surface area (Å²) in [6.07, 6.45) is 22.5. The number of unbranched alkanes of at least 4 members (excludes halogenated alkanes) is 14. The van der Waals surface area contributed by atoms with E-state index < -0.39 is 8.32 Å². The Balaban J connectivity index is 1.96.